The van der Waals surface area contributed by atoms with Crippen molar-refractivity contribution in [2.24, 2.45) is 0 Å². The molecule has 0 aromatic rings. The Kier molecular flexibility index (Phi) is 7.12. The Hall–Kier alpha value is 0.535. The van der Waals surface area contributed by atoms with Crippen LogP contribution in [-0.4, -0.2) is 18.3 Å². The molecule has 0 aromatic heterocycles. The fraction of sp³-hybridized carbons (Fsp3) is 0.500. The molecule has 0 aliphatic carbocycles. The summed E-state index contributed by atoms with van der Waals surface area (Å²) >= 11 is 0. The fourth-order valence-electron chi connectivity index (χ4n) is 0. The molecule has 0 aliphatic heterocycles. The minimum Gasteiger partial charge on any atom is -0.550 e. The van der Waals surface area contributed by atoms with Crippen LogP contribution in [0.25, 0.3) is 0 Å². The quantitative estimate of drug-likeness (QED) is 0.284. The van der Waals surface area contributed by atoms with E-state index in [1.54, 1.807) is 0 Å². The van der Waals surface area contributed by atoms with Crippen molar-refractivity contribution in [3.8, 4) is 0 Å². The SMILES string of the molecule is CC(=O)[O-].[2H]B([2H])[2H].[Na+]. The Morgan fingerprint density at radius 1 is 2.17 bits per heavy atom. The predicted octanol–water partition coefficient (Wildman–Crippen LogP) is -5.42. The van der Waals surface area contributed by atoms with Gasteiger partial charge in [-0.2, -0.15) is 0 Å². The Morgan fingerprint density at radius 2 is 2.17 bits per heavy atom. The van der Waals surface area contributed by atoms with Crippen LogP contribution in [0, 0.1) is 0 Å². The van der Waals surface area contributed by atoms with Gasteiger partial charge < -0.3 is 9.90 Å². The van der Waals surface area contributed by atoms with Crippen LogP contribution < -0.4 is 34.7 Å². The Bertz CT molecular complexity index is 64.1. The van der Waals surface area contributed by atoms with E-state index in [0.717, 1.165) is 6.92 Å². The first-order chi connectivity index (χ1) is 3.46. The molecule has 0 unspecified atom stereocenters. The molecule has 4 heteroatoms. The second-order valence-corrected chi connectivity index (χ2v) is 0.492. The molecule has 6 heavy (non-hydrogen) atoms. The molecule has 2 nitrogen and oxygen atoms in total. The van der Waals surface area contributed by atoms with Gasteiger partial charge in [0.05, 0.1) is 8.30 Å². The number of aliphatic carboxylic acids is 1. The van der Waals surface area contributed by atoms with Crippen LogP contribution in [-0.2, 0) is 4.79 Å². The van der Waals surface area contributed by atoms with Crippen LogP contribution in [0.15, 0.2) is 0 Å². The van der Waals surface area contributed by atoms with Crippen LogP contribution in [0.5, 0.6) is 0 Å². The average Bonchev–Trinajstić information content (AvgIpc) is 1.25. The maximum atomic E-state index is 8.89. The van der Waals surface area contributed by atoms with Crippen molar-refractivity contribution >= 4 is 14.3 Å². The van der Waals surface area contributed by atoms with Gasteiger partial charge in [0.25, 0.3) is 0 Å². The third kappa shape index (κ3) is 198. The van der Waals surface area contributed by atoms with Crippen LogP contribution in [0.1, 0.15) is 6.92 Å². The van der Waals surface area contributed by atoms with E-state index in [0.29, 0.717) is 0 Å². The van der Waals surface area contributed by atoms with Crippen molar-refractivity contribution in [3.63, 3.8) is 0 Å². The van der Waals surface area contributed by atoms with E-state index in [1.165, 1.54) is 0 Å². The predicted molar refractivity (Wildman–Crippen MR) is 20.6 cm³/mol. The van der Waals surface area contributed by atoms with Gasteiger partial charge in [-0.25, -0.2) is 0 Å². The standard InChI is InChI=1S/C2H4O2.BH3.Na/c1-2(3)4;;/h1H3,(H,3,4);1H3;/q;;+1/p-1/i;1D3;. The van der Waals surface area contributed by atoms with Gasteiger partial charge >= 0.3 is 29.6 Å². The van der Waals surface area contributed by atoms with Gasteiger partial charge in [-0.15, -0.1) is 0 Å². The molecule has 0 saturated carbocycles. The second-order valence-electron chi connectivity index (χ2n) is 0.492. The largest absolute Gasteiger partial charge is 1.00 e. The molecule has 0 aromatic carbocycles. The first-order valence-electron chi connectivity index (χ1n) is 2.64. The number of hydrogen-bond acceptors (Lipinski definition) is 2. The van der Waals surface area contributed by atoms with Gasteiger partial charge in [0.1, 0.15) is 0 Å². The number of carbonyl (C=O) groups is 1. The zero-order chi connectivity index (χ0) is 7.15. The maximum Gasteiger partial charge on any atom is 1.00 e. The summed E-state index contributed by atoms with van der Waals surface area (Å²) in [5.74, 6) is -1.08. The molecule has 0 saturated heterocycles. The van der Waals surface area contributed by atoms with Crippen molar-refractivity contribution in [2.75, 3.05) is 0 Å². The number of carbonyl (C=O) groups excluding carboxylic acids is 1. The average molecular weight is 98.9 g/mol. The van der Waals surface area contributed by atoms with Gasteiger partial charge in [-0.05, 0) is 10.9 Å². The minimum atomic E-state index is -1.42. The Morgan fingerprint density at radius 3 is 2.17 bits per heavy atom. The summed E-state index contributed by atoms with van der Waals surface area (Å²) < 4.78 is 17.8. The number of hydrogen-bond donors (Lipinski definition) is 0. The van der Waals surface area contributed by atoms with Gasteiger partial charge in [-0.3, -0.25) is 0 Å². The first-order valence-corrected chi connectivity index (χ1v) is 0.908. The van der Waals surface area contributed by atoms with E-state index in [4.69, 9.17) is 13.9 Å². The molecule has 30 valence electrons. The minimum absolute atomic E-state index is 0. The fourth-order valence-corrected chi connectivity index (χ4v) is 0. The number of rotatable bonds is 0. The molecule has 0 radical (unpaired) electrons. The van der Waals surface area contributed by atoms with E-state index in [9.17, 15) is 0 Å². The van der Waals surface area contributed by atoms with E-state index in [-0.39, 0.29) is 29.6 Å². The molecule has 0 spiro atoms. The van der Waals surface area contributed by atoms with E-state index in [2.05, 4.69) is 0 Å². The van der Waals surface area contributed by atoms with Crippen molar-refractivity contribution in [2.45, 2.75) is 6.92 Å². The number of carboxylic acids is 1. The summed E-state index contributed by atoms with van der Waals surface area (Å²) in [7, 11) is -1.42. The van der Waals surface area contributed by atoms with Crippen molar-refractivity contribution in [1.82, 2.24) is 0 Å². The van der Waals surface area contributed by atoms with Crippen molar-refractivity contribution < 1.29 is 39.5 Å². The number of carboxylic acid groups (broad SMARTS) is 1. The van der Waals surface area contributed by atoms with Crippen LogP contribution in [0.4, 0.5) is 0 Å². The molecule has 0 bridgehead atoms. The Labute approximate surface area is 64.9 Å². The van der Waals surface area contributed by atoms with Gasteiger partial charge in [-0.1, -0.05) is 0 Å². The topological polar surface area (TPSA) is 40.1 Å². The zero-order valence-electron chi connectivity index (χ0n) is 6.89. The van der Waals surface area contributed by atoms with Gasteiger partial charge in [0.15, 0.2) is 0 Å². The summed E-state index contributed by atoms with van der Waals surface area (Å²) in [6.45, 7) is 0.972. The molecule has 0 heterocycles. The summed E-state index contributed by atoms with van der Waals surface area (Å²) in [5.41, 5.74) is 0. The van der Waals surface area contributed by atoms with E-state index >= 15 is 0 Å². The summed E-state index contributed by atoms with van der Waals surface area (Å²) in [6, 6.07) is 0. The zero-order valence-corrected chi connectivity index (χ0v) is 5.89. The normalized spacial score (nSPS) is 9.17. The summed E-state index contributed by atoms with van der Waals surface area (Å²) in [4.78, 5) is 8.89. The van der Waals surface area contributed by atoms with E-state index < -0.39 is 14.3 Å². The third-order valence-corrected chi connectivity index (χ3v) is 0. The molecule has 0 fully saturated rings. The molecule has 0 atom stereocenters. The molecule has 0 N–H and O–H groups in total. The molecule has 0 aliphatic rings. The molecule has 0 amide bonds. The monoisotopic (exact) mass is 99.1 g/mol. The van der Waals surface area contributed by atoms with Crippen molar-refractivity contribution in [3.05, 3.63) is 0 Å². The smallest absolute Gasteiger partial charge is 0.550 e. The van der Waals surface area contributed by atoms with Gasteiger partial charge in [0.2, 0.25) is 0 Å². The molecular formula is C2H6BNaO2. The molecule has 0 rings (SSSR count). The third-order valence-electron chi connectivity index (χ3n) is 0. The van der Waals surface area contributed by atoms with Gasteiger partial charge in [0, 0.05) is 5.97 Å². The summed E-state index contributed by atoms with van der Waals surface area (Å²) in [6.07, 6.45) is 0. The molecular weight excluding hydrogens is 89.8 g/mol. The Balaban J connectivity index is -0.0000000720. The second kappa shape index (κ2) is 9.11. The maximum absolute atomic E-state index is 8.89. The first kappa shape index (κ1) is 4.69. The van der Waals surface area contributed by atoms with Crippen LogP contribution in [0.2, 0.25) is 0 Å². The van der Waals surface area contributed by atoms with Crippen molar-refractivity contribution in [1.29, 1.82) is 4.01 Å². The van der Waals surface area contributed by atoms with Crippen LogP contribution in [0.3, 0.4) is 0 Å². The van der Waals surface area contributed by atoms with Crippen LogP contribution >= 0.6 is 0 Å². The summed E-state index contributed by atoms with van der Waals surface area (Å²) in [5, 5.41) is 8.89. The van der Waals surface area contributed by atoms with E-state index in [1.807, 2.05) is 0 Å².